The lowest BCUT2D eigenvalue weighted by Crippen LogP contribution is -2.40. The molecule has 0 aliphatic heterocycles. The summed E-state index contributed by atoms with van der Waals surface area (Å²) < 4.78 is 6.03. The number of hydrogen-bond donors (Lipinski definition) is 0. The van der Waals surface area contributed by atoms with Gasteiger partial charge >= 0.3 is 0 Å². The van der Waals surface area contributed by atoms with Gasteiger partial charge in [-0.25, -0.2) is 0 Å². The Bertz CT molecular complexity index is 240. The highest BCUT2D eigenvalue weighted by Crippen LogP contribution is 2.36. The zero-order chi connectivity index (χ0) is 11.9. The SMILES string of the molecule is C#C/C=C/CCCO[Si](C)(C)C(C)(C)C. The van der Waals surface area contributed by atoms with Crippen LogP contribution in [-0.2, 0) is 4.43 Å². The molecule has 15 heavy (non-hydrogen) atoms. The second kappa shape index (κ2) is 6.15. The van der Waals surface area contributed by atoms with Crippen LogP contribution in [0, 0.1) is 12.3 Å². The third-order valence-electron chi connectivity index (χ3n) is 3.00. The maximum Gasteiger partial charge on any atom is 0.191 e. The lowest BCUT2D eigenvalue weighted by atomic mass is 10.2. The number of allylic oxidation sites excluding steroid dienone is 2. The summed E-state index contributed by atoms with van der Waals surface area (Å²) in [6.45, 7) is 12.2. The lowest BCUT2D eigenvalue weighted by Gasteiger charge is -2.36. The predicted octanol–water partition coefficient (Wildman–Crippen LogP) is 3.98. The van der Waals surface area contributed by atoms with Crippen LogP contribution in [0.1, 0.15) is 33.6 Å². The Morgan fingerprint density at radius 1 is 1.33 bits per heavy atom. The molecule has 86 valence electrons. The van der Waals surface area contributed by atoms with E-state index in [1.54, 1.807) is 6.08 Å². The van der Waals surface area contributed by atoms with E-state index in [2.05, 4.69) is 39.8 Å². The molecule has 0 aliphatic carbocycles. The Balaban J connectivity index is 3.78. The van der Waals surface area contributed by atoms with Crippen LogP contribution >= 0.6 is 0 Å². The first-order valence-corrected chi connectivity index (χ1v) is 8.47. The summed E-state index contributed by atoms with van der Waals surface area (Å²) in [5, 5.41) is 0.307. The quantitative estimate of drug-likeness (QED) is 0.390. The maximum absolute atomic E-state index is 6.03. The van der Waals surface area contributed by atoms with Gasteiger partial charge in [0.2, 0.25) is 0 Å². The van der Waals surface area contributed by atoms with E-state index in [1.807, 2.05) is 6.08 Å². The minimum absolute atomic E-state index is 0.307. The molecule has 2 heteroatoms. The Morgan fingerprint density at radius 2 is 1.93 bits per heavy atom. The average Bonchev–Trinajstić information content (AvgIpc) is 2.09. The van der Waals surface area contributed by atoms with Gasteiger partial charge in [-0.15, -0.1) is 6.42 Å². The van der Waals surface area contributed by atoms with Crippen LogP contribution in [0.4, 0.5) is 0 Å². The Labute approximate surface area is 96.0 Å². The van der Waals surface area contributed by atoms with Crippen LogP contribution in [0.2, 0.25) is 18.1 Å². The van der Waals surface area contributed by atoms with Crippen molar-refractivity contribution in [3.63, 3.8) is 0 Å². The van der Waals surface area contributed by atoms with Crippen molar-refractivity contribution < 1.29 is 4.43 Å². The smallest absolute Gasteiger partial charge is 0.191 e. The first-order chi connectivity index (χ1) is 6.81. The van der Waals surface area contributed by atoms with Crippen molar-refractivity contribution in [2.75, 3.05) is 6.61 Å². The molecule has 1 nitrogen and oxygen atoms in total. The molecule has 0 amide bonds. The van der Waals surface area contributed by atoms with E-state index in [9.17, 15) is 0 Å². The summed E-state index contributed by atoms with van der Waals surface area (Å²) in [6.07, 6.45) is 11.0. The highest BCUT2D eigenvalue weighted by atomic mass is 28.4. The van der Waals surface area contributed by atoms with Gasteiger partial charge in [0.25, 0.3) is 0 Å². The average molecular weight is 224 g/mol. The monoisotopic (exact) mass is 224 g/mol. The minimum Gasteiger partial charge on any atom is -0.417 e. The van der Waals surface area contributed by atoms with E-state index >= 15 is 0 Å². The second-order valence-corrected chi connectivity index (χ2v) is 10.1. The Hall–Kier alpha value is -0.523. The van der Waals surface area contributed by atoms with Gasteiger partial charge in [-0.1, -0.05) is 32.8 Å². The number of unbranched alkanes of at least 4 members (excludes halogenated alkanes) is 1. The van der Waals surface area contributed by atoms with Gasteiger partial charge in [-0.2, -0.15) is 0 Å². The molecule has 0 heterocycles. The molecule has 0 fully saturated rings. The van der Waals surface area contributed by atoms with Crippen molar-refractivity contribution in [3.05, 3.63) is 12.2 Å². The highest BCUT2D eigenvalue weighted by molar-refractivity contribution is 6.74. The van der Waals surface area contributed by atoms with Crippen molar-refractivity contribution >= 4 is 8.32 Å². The molecule has 0 atom stereocenters. The molecule has 0 bridgehead atoms. The van der Waals surface area contributed by atoms with Crippen LogP contribution in [0.5, 0.6) is 0 Å². The van der Waals surface area contributed by atoms with E-state index in [4.69, 9.17) is 10.8 Å². The first kappa shape index (κ1) is 14.5. The van der Waals surface area contributed by atoms with Crippen molar-refractivity contribution in [1.82, 2.24) is 0 Å². The van der Waals surface area contributed by atoms with Crippen LogP contribution in [0.25, 0.3) is 0 Å². The van der Waals surface area contributed by atoms with E-state index in [-0.39, 0.29) is 0 Å². The molecule has 0 aliphatic rings. The Kier molecular flexibility index (Phi) is 5.93. The van der Waals surface area contributed by atoms with Gasteiger partial charge in [-0.05, 0) is 37.0 Å². The first-order valence-electron chi connectivity index (χ1n) is 5.56. The minimum atomic E-state index is -1.54. The zero-order valence-electron chi connectivity index (χ0n) is 10.8. The van der Waals surface area contributed by atoms with Crippen LogP contribution < -0.4 is 0 Å². The molecular weight excluding hydrogens is 200 g/mol. The van der Waals surface area contributed by atoms with Crippen molar-refractivity contribution in [1.29, 1.82) is 0 Å². The maximum atomic E-state index is 6.03. The molecule has 0 saturated heterocycles. The molecule has 0 aromatic carbocycles. The third-order valence-corrected chi connectivity index (χ3v) is 7.54. The summed E-state index contributed by atoms with van der Waals surface area (Å²) in [5.74, 6) is 2.49. The summed E-state index contributed by atoms with van der Waals surface area (Å²) in [5.41, 5.74) is 0. The van der Waals surface area contributed by atoms with Gasteiger partial charge in [0.15, 0.2) is 8.32 Å². The topological polar surface area (TPSA) is 9.23 Å². The van der Waals surface area contributed by atoms with Gasteiger partial charge in [0.05, 0.1) is 0 Å². The standard InChI is InChI=1S/C13H24OSi/c1-7-8-9-10-11-12-14-15(5,6)13(2,3)4/h1,8-9H,10-12H2,2-6H3/b9-8+. The largest absolute Gasteiger partial charge is 0.417 e. The molecule has 0 N–H and O–H groups in total. The summed E-state index contributed by atoms with van der Waals surface area (Å²) >= 11 is 0. The normalized spacial score (nSPS) is 13.1. The van der Waals surface area contributed by atoms with E-state index in [0.717, 1.165) is 19.4 Å². The van der Waals surface area contributed by atoms with Crippen LogP contribution in [0.3, 0.4) is 0 Å². The van der Waals surface area contributed by atoms with Crippen molar-refractivity contribution in [2.24, 2.45) is 0 Å². The lowest BCUT2D eigenvalue weighted by molar-refractivity contribution is 0.283. The Morgan fingerprint density at radius 3 is 2.40 bits per heavy atom. The van der Waals surface area contributed by atoms with Crippen LogP contribution in [0.15, 0.2) is 12.2 Å². The fourth-order valence-electron chi connectivity index (χ4n) is 0.896. The number of terminal acetylenes is 1. The molecule has 0 spiro atoms. The molecule has 0 unspecified atom stereocenters. The third kappa shape index (κ3) is 5.81. The van der Waals surface area contributed by atoms with Gasteiger partial charge in [0.1, 0.15) is 0 Å². The summed E-state index contributed by atoms with van der Waals surface area (Å²) in [6, 6.07) is 0. The molecular formula is C13H24OSi. The predicted molar refractivity (Wildman–Crippen MR) is 70.4 cm³/mol. The van der Waals surface area contributed by atoms with E-state index in [0.29, 0.717) is 5.04 Å². The molecule has 0 radical (unpaired) electrons. The van der Waals surface area contributed by atoms with Gasteiger partial charge < -0.3 is 4.43 Å². The van der Waals surface area contributed by atoms with E-state index < -0.39 is 8.32 Å². The molecule has 0 rings (SSSR count). The van der Waals surface area contributed by atoms with Crippen molar-refractivity contribution in [2.45, 2.75) is 51.7 Å². The van der Waals surface area contributed by atoms with Crippen LogP contribution in [-0.4, -0.2) is 14.9 Å². The molecule has 0 aromatic heterocycles. The van der Waals surface area contributed by atoms with E-state index in [1.165, 1.54) is 0 Å². The van der Waals surface area contributed by atoms with Crippen molar-refractivity contribution in [3.8, 4) is 12.3 Å². The number of rotatable bonds is 5. The summed E-state index contributed by atoms with van der Waals surface area (Å²) in [4.78, 5) is 0. The fourth-order valence-corrected chi connectivity index (χ4v) is 1.98. The molecule has 0 aromatic rings. The summed E-state index contributed by atoms with van der Waals surface area (Å²) in [7, 11) is -1.54. The molecule has 0 saturated carbocycles. The number of hydrogen-bond acceptors (Lipinski definition) is 1. The zero-order valence-corrected chi connectivity index (χ0v) is 11.8. The second-order valence-electron chi connectivity index (χ2n) is 5.32. The van der Waals surface area contributed by atoms with Gasteiger partial charge in [0, 0.05) is 6.61 Å². The van der Waals surface area contributed by atoms with Gasteiger partial charge in [-0.3, -0.25) is 0 Å². The highest BCUT2D eigenvalue weighted by Gasteiger charge is 2.36. The fraction of sp³-hybridized carbons (Fsp3) is 0.692.